The number of nitrogens with zero attached hydrogens (tertiary/aromatic N) is 1. The first-order valence-electron chi connectivity index (χ1n) is 9.67. The van der Waals surface area contributed by atoms with Gasteiger partial charge in [0.2, 0.25) is 10.0 Å². The van der Waals surface area contributed by atoms with Crippen LogP contribution in [0.1, 0.15) is 15.9 Å². The number of hydrogen-bond acceptors (Lipinski definition) is 5. The second kappa shape index (κ2) is 8.40. The van der Waals surface area contributed by atoms with Gasteiger partial charge in [0.05, 0.1) is 20.5 Å². The highest BCUT2D eigenvalue weighted by Crippen LogP contribution is 2.30. The molecule has 0 aliphatic carbocycles. The van der Waals surface area contributed by atoms with Crippen LogP contribution >= 0.6 is 23.2 Å². The van der Waals surface area contributed by atoms with Gasteiger partial charge in [0, 0.05) is 36.5 Å². The molecule has 4 rings (SSSR count). The zero-order chi connectivity index (χ0) is 23.2. The average Bonchev–Trinajstić information content (AvgIpc) is 2.69. The molecule has 8 nitrogen and oxygen atoms in total. The highest BCUT2D eigenvalue weighted by atomic mass is 35.5. The quantitative estimate of drug-likeness (QED) is 0.502. The Morgan fingerprint density at radius 3 is 2.59 bits per heavy atom. The number of sulfonamides is 1. The van der Waals surface area contributed by atoms with E-state index in [1.165, 1.54) is 22.5 Å². The van der Waals surface area contributed by atoms with Crippen LogP contribution in [0.15, 0.2) is 46.1 Å². The van der Waals surface area contributed by atoms with Crippen LogP contribution in [-0.2, 0) is 10.0 Å². The molecule has 1 aliphatic heterocycles. The summed E-state index contributed by atoms with van der Waals surface area (Å²) in [5.74, 6) is -1.37. The lowest BCUT2D eigenvalue weighted by molar-refractivity contribution is 0.0928. The Morgan fingerprint density at radius 1 is 1.19 bits per heavy atom. The summed E-state index contributed by atoms with van der Waals surface area (Å²) in [7, 11) is -3.72. The number of halogens is 2. The Hall–Kier alpha value is -2.59. The summed E-state index contributed by atoms with van der Waals surface area (Å²) in [6.07, 6.45) is 0. The number of aromatic amines is 1. The first kappa shape index (κ1) is 22.6. The van der Waals surface area contributed by atoms with Gasteiger partial charge in [-0.05, 0) is 37.3 Å². The van der Waals surface area contributed by atoms with Crippen molar-refractivity contribution in [2.75, 3.05) is 19.6 Å². The average molecular weight is 496 g/mol. The smallest absolute Gasteiger partial charge is 0.291 e. The summed E-state index contributed by atoms with van der Waals surface area (Å²) in [6, 6.07) is 9.27. The van der Waals surface area contributed by atoms with E-state index < -0.39 is 27.2 Å². The molecule has 2 aromatic carbocycles. The Morgan fingerprint density at radius 2 is 1.91 bits per heavy atom. The summed E-state index contributed by atoms with van der Waals surface area (Å²) in [5, 5.41) is 13.7. The lowest BCUT2D eigenvalue weighted by atomic mass is 10.0. The van der Waals surface area contributed by atoms with Crippen molar-refractivity contribution in [2.45, 2.75) is 11.8 Å². The maximum Gasteiger partial charge on any atom is 0.291 e. The molecule has 3 aromatic rings. The molecule has 1 saturated heterocycles. The van der Waals surface area contributed by atoms with Crippen LogP contribution in [0.25, 0.3) is 10.9 Å². The van der Waals surface area contributed by atoms with Crippen molar-refractivity contribution in [1.82, 2.24) is 14.6 Å². The third kappa shape index (κ3) is 4.09. The Kier molecular flexibility index (Phi) is 5.93. The van der Waals surface area contributed by atoms with E-state index in [1.54, 1.807) is 18.2 Å². The summed E-state index contributed by atoms with van der Waals surface area (Å²) >= 11 is 11.8. The predicted molar refractivity (Wildman–Crippen MR) is 122 cm³/mol. The van der Waals surface area contributed by atoms with Gasteiger partial charge in [-0.3, -0.25) is 9.59 Å². The minimum absolute atomic E-state index is 0.0460. The van der Waals surface area contributed by atoms with Crippen molar-refractivity contribution in [3.63, 3.8) is 0 Å². The lowest BCUT2D eigenvalue weighted by Crippen LogP contribution is -2.53. The van der Waals surface area contributed by atoms with Gasteiger partial charge in [0.15, 0.2) is 5.75 Å². The van der Waals surface area contributed by atoms with E-state index in [1.807, 2.05) is 6.92 Å². The molecule has 3 N–H and O–H groups in total. The summed E-state index contributed by atoms with van der Waals surface area (Å²) in [5.41, 5.74) is 0.437. The third-order valence-electron chi connectivity index (χ3n) is 5.38. The monoisotopic (exact) mass is 495 g/mol. The fourth-order valence-corrected chi connectivity index (χ4v) is 5.57. The van der Waals surface area contributed by atoms with E-state index in [9.17, 15) is 23.1 Å². The number of aryl methyl sites for hydroxylation is 1. The van der Waals surface area contributed by atoms with Crippen molar-refractivity contribution >= 4 is 50.0 Å². The van der Waals surface area contributed by atoms with Crippen LogP contribution in [0, 0.1) is 12.8 Å². The van der Waals surface area contributed by atoms with E-state index in [0.717, 1.165) is 5.56 Å². The summed E-state index contributed by atoms with van der Waals surface area (Å²) < 4.78 is 26.7. The van der Waals surface area contributed by atoms with Gasteiger partial charge < -0.3 is 15.4 Å². The number of amides is 1. The molecule has 1 aromatic heterocycles. The van der Waals surface area contributed by atoms with Crippen LogP contribution < -0.4 is 10.9 Å². The molecule has 0 radical (unpaired) electrons. The molecule has 32 heavy (non-hydrogen) atoms. The summed E-state index contributed by atoms with van der Waals surface area (Å²) in [6.45, 7) is 2.44. The standard InChI is InChI=1S/C21H19Cl2N3O5S/c1-11-2-5-17-14(6-11)18(19(27)21(29)25-17)20(28)24-8-12-9-26(10-12)32(30,31)13-3-4-15(22)16(23)7-13/h2-7,12,27H,8-10H2,1H3,(H,24,28)(H,25,29). The number of hydrogen-bond donors (Lipinski definition) is 3. The van der Waals surface area contributed by atoms with Gasteiger partial charge in [-0.15, -0.1) is 0 Å². The van der Waals surface area contributed by atoms with Crippen LogP contribution in [0.3, 0.4) is 0 Å². The lowest BCUT2D eigenvalue weighted by Gasteiger charge is -2.38. The number of aromatic hydroxyl groups is 1. The number of carbonyl (C=O) groups excluding carboxylic acids is 1. The fourth-order valence-electron chi connectivity index (χ4n) is 3.59. The maximum absolute atomic E-state index is 12.8. The topological polar surface area (TPSA) is 120 Å². The molecule has 0 atom stereocenters. The number of fused-ring (bicyclic) bond motifs is 1. The predicted octanol–water partition coefficient (Wildman–Crippen LogP) is 2.90. The van der Waals surface area contributed by atoms with E-state index in [-0.39, 0.29) is 46.1 Å². The Balaban J connectivity index is 1.45. The van der Waals surface area contributed by atoms with Crippen molar-refractivity contribution < 1.29 is 18.3 Å². The van der Waals surface area contributed by atoms with Crippen LogP contribution in [-0.4, -0.2) is 48.4 Å². The van der Waals surface area contributed by atoms with Gasteiger partial charge in [0.25, 0.3) is 11.5 Å². The Bertz CT molecular complexity index is 1400. The number of nitrogens with one attached hydrogen (secondary N) is 2. The number of aromatic nitrogens is 1. The van der Waals surface area contributed by atoms with E-state index >= 15 is 0 Å². The largest absolute Gasteiger partial charge is 0.502 e. The Labute approximate surface area is 193 Å². The van der Waals surface area contributed by atoms with Crippen molar-refractivity contribution in [2.24, 2.45) is 5.92 Å². The van der Waals surface area contributed by atoms with Gasteiger partial charge in [-0.2, -0.15) is 4.31 Å². The third-order valence-corrected chi connectivity index (χ3v) is 7.94. The van der Waals surface area contributed by atoms with Gasteiger partial charge >= 0.3 is 0 Å². The SMILES string of the molecule is Cc1ccc2[nH]c(=O)c(O)c(C(=O)NCC3CN(S(=O)(=O)c4ccc(Cl)c(Cl)c4)C3)c2c1. The molecule has 1 fully saturated rings. The minimum Gasteiger partial charge on any atom is -0.502 e. The van der Waals surface area contributed by atoms with E-state index in [2.05, 4.69) is 10.3 Å². The molecule has 2 heterocycles. The highest BCUT2D eigenvalue weighted by molar-refractivity contribution is 7.89. The first-order valence-corrected chi connectivity index (χ1v) is 11.9. The van der Waals surface area contributed by atoms with Crippen LogP contribution in [0.5, 0.6) is 5.75 Å². The van der Waals surface area contributed by atoms with Crippen molar-refractivity contribution in [3.05, 3.63) is 67.9 Å². The van der Waals surface area contributed by atoms with Crippen molar-refractivity contribution in [1.29, 1.82) is 0 Å². The summed E-state index contributed by atoms with van der Waals surface area (Å²) in [4.78, 5) is 27.4. The van der Waals surface area contributed by atoms with Crippen LogP contribution in [0.2, 0.25) is 10.0 Å². The number of rotatable bonds is 5. The zero-order valence-corrected chi connectivity index (χ0v) is 19.2. The maximum atomic E-state index is 12.8. The molecule has 1 aliphatic rings. The molecule has 0 bridgehead atoms. The van der Waals surface area contributed by atoms with E-state index in [4.69, 9.17) is 23.2 Å². The number of H-pyrrole nitrogens is 1. The molecule has 11 heteroatoms. The van der Waals surface area contributed by atoms with Gasteiger partial charge in [-0.25, -0.2) is 8.42 Å². The normalized spacial score (nSPS) is 15.0. The highest BCUT2D eigenvalue weighted by Gasteiger charge is 2.37. The fraction of sp³-hybridized carbons (Fsp3) is 0.238. The van der Waals surface area contributed by atoms with E-state index in [0.29, 0.717) is 10.9 Å². The molecular formula is C21H19Cl2N3O5S. The molecule has 0 spiro atoms. The zero-order valence-electron chi connectivity index (χ0n) is 16.9. The molecule has 0 unspecified atom stereocenters. The number of pyridine rings is 1. The molecule has 168 valence electrons. The number of benzene rings is 2. The molecule has 1 amide bonds. The number of carbonyl (C=O) groups is 1. The minimum atomic E-state index is -3.72. The van der Waals surface area contributed by atoms with Gasteiger partial charge in [0.1, 0.15) is 0 Å². The second-order valence-electron chi connectivity index (χ2n) is 7.70. The first-order chi connectivity index (χ1) is 15.1. The molecule has 0 saturated carbocycles. The molecular weight excluding hydrogens is 477 g/mol. The second-order valence-corrected chi connectivity index (χ2v) is 10.5. The van der Waals surface area contributed by atoms with Crippen LogP contribution in [0.4, 0.5) is 0 Å². The van der Waals surface area contributed by atoms with Crippen molar-refractivity contribution in [3.8, 4) is 5.75 Å². The van der Waals surface area contributed by atoms with Gasteiger partial charge in [-0.1, -0.05) is 34.8 Å².